The second-order valence-electron chi connectivity index (χ2n) is 12.8. The lowest BCUT2D eigenvalue weighted by Gasteiger charge is -2.40. The fourth-order valence-electron chi connectivity index (χ4n) is 7.52. The predicted octanol–water partition coefficient (Wildman–Crippen LogP) is 6.28. The number of piperazine rings is 1. The Morgan fingerprint density at radius 1 is 0.870 bits per heavy atom. The van der Waals surface area contributed by atoms with Crippen molar-refractivity contribution in [3.63, 3.8) is 0 Å². The molecule has 0 bridgehead atoms. The molecule has 7 rings (SSSR count). The average molecular weight is 615 g/mol. The zero-order chi connectivity index (χ0) is 31.7. The Labute approximate surface area is 271 Å². The van der Waals surface area contributed by atoms with Crippen molar-refractivity contribution in [2.75, 3.05) is 44.2 Å². The van der Waals surface area contributed by atoms with Crippen LogP contribution in [0, 0.1) is 6.92 Å². The molecular weight excluding hydrogens is 572 g/mol. The number of amides is 2. The highest BCUT2D eigenvalue weighted by Crippen LogP contribution is 2.50. The lowest BCUT2D eigenvalue weighted by molar-refractivity contribution is -0.125. The number of nitrogens with zero attached hydrogens (tertiary/aromatic N) is 3. The highest BCUT2D eigenvalue weighted by molar-refractivity contribution is 5.99. The van der Waals surface area contributed by atoms with E-state index in [0.29, 0.717) is 26.1 Å². The number of nitrogens with one attached hydrogen (secondary N) is 1. The molecule has 0 atom stereocenters. The normalized spacial score (nSPS) is 16.8. The van der Waals surface area contributed by atoms with E-state index in [9.17, 15) is 9.59 Å². The van der Waals surface area contributed by atoms with Crippen LogP contribution in [0.15, 0.2) is 91.0 Å². The number of rotatable bonds is 9. The molecule has 0 aliphatic carbocycles. The Morgan fingerprint density at radius 3 is 2.28 bits per heavy atom. The number of benzene rings is 4. The van der Waals surface area contributed by atoms with Gasteiger partial charge in [-0.1, -0.05) is 72.3 Å². The van der Waals surface area contributed by atoms with Gasteiger partial charge in [-0.05, 0) is 68.6 Å². The molecule has 4 aromatic rings. The summed E-state index contributed by atoms with van der Waals surface area (Å²) in [6.07, 6.45) is 1.58. The first-order chi connectivity index (χ1) is 22.5. The Balaban J connectivity index is 1.00. The molecule has 0 aromatic heterocycles. The van der Waals surface area contributed by atoms with Crippen LogP contribution in [0.3, 0.4) is 0 Å². The molecule has 7 nitrogen and oxygen atoms in total. The van der Waals surface area contributed by atoms with Gasteiger partial charge in [0.15, 0.2) is 0 Å². The zero-order valence-electron chi connectivity index (χ0n) is 26.8. The van der Waals surface area contributed by atoms with Gasteiger partial charge in [0, 0.05) is 68.2 Å². The van der Waals surface area contributed by atoms with Crippen molar-refractivity contribution in [1.82, 2.24) is 15.1 Å². The van der Waals surface area contributed by atoms with E-state index in [2.05, 4.69) is 64.5 Å². The van der Waals surface area contributed by atoms with E-state index in [1.807, 2.05) is 60.4 Å². The van der Waals surface area contributed by atoms with Crippen molar-refractivity contribution in [2.45, 2.75) is 45.2 Å². The van der Waals surface area contributed by atoms with Crippen molar-refractivity contribution in [3.8, 4) is 11.5 Å². The quantitative estimate of drug-likeness (QED) is 0.240. The van der Waals surface area contributed by atoms with Crippen LogP contribution in [-0.4, -0.2) is 60.9 Å². The third kappa shape index (κ3) is 5.53. The lowest BCUT2D eigenvalue weighted by Crippen LogP contribution is -2.49. The third-order valence-corrected chi connectivity index (χ3v) is 9.83. The highest BCUT2D eigenvalue weighted by Gasteiger charge is 2.47. The van der Waals surface area contributed by atoms with E-state index in [1.165, 1.54) is 11.1 Å². The van der Waals surface area contributed by atoms with Gasteiger partial charge in [0.2, 0.25) is 5.91 Å². The maximum Gasteiger partial charge on any atom is 0.254 e. The second kappa shape index (κ2) is 12.6. The van der Waals surface area contributed by atoms with Crippen LogP contribution < -0.4 is 15.0 Å². The Hall–Kier alpha value is -4.62. The Kier molecular flexibility index (Phi) is 8.26. The zero-order valence-corrected chi connectivity index (χ0v) is 26.8. The highest BCUT2D eigenvalue weighted by atomic mass is 16.5. The molecule has 0 saturated carbocycles. The standard InChI is InChI=1S/C39H42N4O3/c1-3-40-38(45)39(33-12-4-6-14-35(33)46-36-15-7-5-13-34(36)39)18-9-19-41-20-22-42(23-21-41)31-17-16-30-27-43(37(44)32(30)25-31)26-29-11-8-10-28(2)24-29/h4-8,10-17,24-25H,3,9,18-23,26-27H2,1-2H3,(H,40,45). The van der Waals surface area contributed by atoms with Gasteiger partial charge in [0.25, 0.3) is 5.91 Å². The molecule has 46 heavy (non-hydrogen) atoms. The summed E-state index contributed by atoms with van der Waals surface area (Å²) < 4.78 is 6.26. The first kappa shape index (κ1) is 30.1. The first-order valence-electron chi connectivity index (χ1n) is 16.6. The topological polar surface area (TPSA) is 65.1 Å². The van der Waals surface area contributed by atoms with E-state index < -0.39 is 5.41 Å². The summed E-state index contributed by atoms with van der Waals surface area (Å²) in [5.74, 6) is 1.67. The number of carbonyl (C=O) groups excluding carboxylic acids is 2. The fourth-order valence-corrected chi connectivity index (χ4v) is 7.52. The SMILES string of the molecule is CCNC(=O)C1(CCCN2CCN(c3ccc4c(c3)C(=O)N(Cc3cccc(C)c3)C4)CC2)c2ccccc2Oc2ccccc21. The molecule has 1 N–H and O–H groups in total. The number of ether oxygens (including phenoxy) is 1. The second-order valence-corrected chi connectivity index (χ2v) is 12.8. The summed E-state index contributed by atoms with van der Waals surface area (Å²) in [6.45, 7) is 10.5. The first-order valence-corrected chi connectivity index (χ1v) is 16.6. The van der Waals surface area contributed by atoms with E-state index in [4.69, 9.17) is 4.74 Å². The van der Waals surface area contributed by atoms with Gasteiger partial charge in [-0.3, -0.25) is 14.5 Å². The number of aryl methyl sites for hydroxylation is 1. The van der Waals surface area contributed by atoms with Crippen LogP contribution in [0.2, 0.25) is 0 Å². The number of para-hydroxylation sites is 2. The third-order valence-electron chi connectivity index (χ3n) is 9.83. The maximum absolute atomic E-state index is 13.9. The maximum atomic E-state index is 13.9. The number of anilines is 1. The van der Waals surface area contributed by atoms with Crippen molar-refractivity contribution in [3.05, 3.63) is 124 Å². The van der Waals surface area contributed by atoms with Gasteiger partial charge in [-0.15, -0.1) is 0 Å². The summed E-state index contributed by atoms with van der Waals surface area (Å²) in [7, 11) is 0. The molecule has 1 saturated heterocycles. The van der Waals surface area contributed by atoms with Gasteiger partial charge in [0.1, 0.15) is 16.9 Å². The summed E-state index contributed by atoms with van der Waals surface area (Å²) in [6, 6.07) is 30.7. The molecule has 3 aliphatic heterocycles. The monoisotopic (exact) mass is 614 g/mol. The van der Waals surface area contributed by atoms with Crippen LogP contribution >= 0.6 is 0 Å². The molecular formula is C39H42N4O3. The summed E-state index contributed by atoms with van der Waals surface area (Å²) in [5.41, 5.74) is 6.52. The minimum atomic E-state index is -0.798. The van der Waals surface area contributed by atoms with Gasteiger partial charge in [0.05, 0.1) is 0 Å². The van der Waals surface area contributed by atoms with Gasteiger partial charge < -0.3 is 19.9 Å². The molecule has 0 unspecified atom stereocenters. The van der Waals surface area contributed by atoms with Crippen molar-refractivity contribution >= 4 is 17.5 Å². The Morgan fingerprint density at radius 2 is 1.59 bits per heavy atom. The minimum absolute atomic E-state index is 0.0339. The van der Waals surface area contributed by atoms with Crippen LogP contribution in [0.5, 0.6) is 11.5 Å². The summed E-state index contributed by atoms with van der Waals surface area (Å²) >= 11 is 0. The minimum Gasteiger partial charge on any atom is -0.457 e. The van der Waals surface area contributed by atoms with Crippen molar-refractivity contribution in [1.29, 1.82) is 0 Å². The van der Waals surface area contributed by atoms with E-state index in [-0.39, 0.29) is 11.8 Å². The molecule has 0 radical (unpaired) electrons. The smallest absolute Gasteiger partial charge is 0.254 e. The lowest BCUT2D eigenvalue weighted by atomic mass is 9.68. The molecule has 2 amide bonds. The largest absolute Gasteiger partial charge is 0.457 e. The fraction of sp³-hybridized carbons (Fsp3) is 0.333. The average Bonchev–Trinajstić information content (AvgIpc) is 3.38. The molecule has 3 heterocycles. The van der Waals surface area contributed by atoms with Gasteiger partial charge in [-0.25, -0.2) is 0 Å². The molecule has 4 aromatic carbocycles. The van der Waals surface area contributed by atoms with Crippen LogP contribution in [0.4, 0.5) is 5.69 Å². The summed E-state index contributed by atoms with van der Waals surface area (Å²) in [4.78, 5) is 34.1. The van der Waals surface area contributed by atoms with E-state index in [0.717, 1.165) is 78.6 Å². The van der Waals surface area contributed by atoms with E-state index >= 15 is 0 Å². The molecule has 236 valence electrons. The van der Waals surface area contributed by atoms with E-state index in [1.54, 1.807) is 0 Å². The number of hydrogen-bond acceptors (Lipinski definition) is 5. The van der Waals surface area contributed by atoms with Crippen LogP contribution in [0.25, 0.3) is 0 Å². The van der Waals surface area contributed by atoms with Crippen LogP contribution in [0.1, 0.15) is 57.9 Å². The number of hydrogen-bond donors (Lipinski definition) is 1. The van der Waals surface area contributed by atoms with Gasteiger partial charge in [-0.2, -0.15) is 0 Å². The predicted molar refractivity (Wildman–Crippen MR) is 182 cm³/mol. The molecule has 7 heteroatoms. The molecule has 0 spiro atoms. The number of likely N-dealkylation sites (N-methyl/N-ethyl adjacent to an activating group) is 1. The van der Waals surface area contributed by atoms with Crippen LogP contribution in [-0.2, 0) is 23.3 Å². The Bertz CT molecular complexity index is 1710. The van der Waals surface area contributed by atoms with Gasteiger partial charge >= 0.3 is 0 Å². The number of carbonyl (C=O) groups is 2. The molecule has 3 aliphatic rings. The van der Waals surface area contributed by atoms with Crippen molar-refractivity contribution in [2.24, 2.45) is 0 Å². The van der Waals surface area contributed by atoms with Crippen molar-refractivity contribution < 1.29 is 14.3 Å². The molecule has 1 fully saturated rings. The number of fused-ring (bicyclic) bond motifs is 3. The summed E-state index contributed by atoms with van der Waals surface area (Å²) in [5, 5.41) is 3.15.